The van der Waals surface area contributed by atoms with E-state index >= 15 is 0 Å². The summed E-state index contributed by atoms with van der Waals surface area (Å²) in [7, 11) is 1.67. The summed E-state index contributed by atoms with van der Waals surface area (Å²) in [6.07, 6.45) is 1.54. The van der Waals surface area contributed by atoms with Gasteiger partial charge in [0.25, 0.3) is 5.78 Å². The lowest BCUT2D eigenvalue weighted by Crippen LogP contribution is -2.20. The lowest BCUT2D eigenvalue weighted by atomic mass is 10.3. The van der Waals surface area contributed by atoms with E-state index in [1.165, 1.54) is 6.33 Å². The number of methoxy groups -OCH3 is 1. The maximum Gasteiger partial charge on any atom is 0.255 e. The molecule has 17 heavy (non-hydrogen) atoms. The summed E-state index contributed by atoms with van der Waals surface area (Å²) in [6, 6.07) is 0. The zero-order chi connectivity index (χ0) is 12.4. The molecule has 0 saturated heterocycles. The van der Waals surface area contributed by atoms with E-state index in [9.17, 15) is 0 Å². The topological polar surface area (TPSA) is 64.3 Å². The molecule has 7 heteroatoms. The first-order valence-corrected chi connectivity index (χ1v) is 5.63. The molecule has 1 N–H and O–H groups in total. The van der Waals surface area contributed by atoms with Crippen LogP contribution < -0.4 is 5.32 Å². The molecule has 0 aliphatic heterocycles. The van der Waals surface area contributed by atoms with E-state index in [1.54, 1.807) is 11.6 Å². The Kier molecular flexibility index (Phi) is 3.44. The maximum atomic E-state index is 6.04. The molecule has 2 aromatic heterocycles. The minimum atomic E-state index is 0.0971. The highest BCUT2D eigenvalue weighted by molar-refractivity contribution is 6.30. The molecule has 2 aromatic rings. The Morgan fingerprint density at radius 1 is 1.59 bits per heavy atom. The molecule has 0 aliphatic rings. The molecule has 0 radical (unpaired) electrons. The Morgan fingerprint density at radius 2 is 2.35 bits per heavy atom. The number of anilines is 1. The Balaban J connectivity index is 2.36. The Bertz CT molecular complexity index is 527. The molecule has 0 bridgehead atoms. The van der Waals surface area contributed by atoms with Crippen molar-refractivity contribution in [3.63, 3.8) is 0 Å². The highest BCUT2D eigenvalue weighted by atomic mass is 35.5. The molecule has 6 nitrogen and oxygen atoms in total. The van der Waals surface area contributed by atoms with Gasteiger partial charge in [-0.2, -0.15) is 19.6 Å². The van der Waals surface area contributed by atoms with E-state index in [2.05, 4.69) is 20.4 Å². The summed E-state index contributed by atoms with van der Waals surface area (Å²) in [5.74, 6) is 1.27. The number of ether oxygens (including phenoxy) is 1. The Labute approximate surface area is 104 Å². The molecule has 1 unspecified atom stereocenters. The van der Waals surface area contributed by atoms with Gasteiger partial charge < -0.3 is 10.1 Å². The first-order chi connectivity index (χ1) is 8.13. The quantitative estimate of drug-likeness (QED) is 0.840. The van der Waals surface area contributed by atoms with Crippen LogP contribution in [-0.2, 0) is 4.74 Å². The average Bonchev–Trinajstić information content (AvgIpc) is 2.76. The maximum absolute atomic E-state index is 6.04. The highest BCUT2D eigenvalue weighted by Gasteiger charge is 2.12. The van der Waals surface area contributed by atoms with Gasteiger partial charge in [-0.25, -0.2) is 0 Å². The number of halogens is 1. The zero-order valence-corrected chi connectivity index (χ0v) is 10.7. The first-order valence-electron chi connectivity index (χ1n) is 5.26. The van der Waals surface area contributed by atoms with Gasteiger partial charge in [-0.15, -0.1) is 0 Å². The summed E-state index contributed by atoms with van der Waals surface area (Å²) < 4.78 is 6.81. The molecule has 0 aromatic carbocycles. The monoisotopic (exact) mass is 255 g/mol. The normalized spacial score (nSPS) is 12.9. The van der Waals surface area contributed by atoms with E-state index in [0.717, 1.165) is 11.4 Å². The van der Waals surface area contributed by atoms with Crippen LogP contribution in [0.3, 0.4) is 0 Å². The molecule has 92 valence electrons. The largest absolute Gasteiger partial charge is 0.380 e. The first kappa shape index (κ1) is 12.1. The van der Waals surface area contributed by atoms with Crippen LogP contribution in [0.1, 0.15) is 12.5 Å². The molecule has 0 amide bonds. The summed E-state index contributed by atoms with van der Waals surface area (Å²) in [6.45, 7) is 4.52. The van der Waals surface area contributed by atoms with Crippen molar-refractivity contribution in [2.45, 2.75) is 20.0 Å². The fourth-order valence-corrected chi connectivity index (χ4v) is 1.59. The predicted octanol–water partition coefficient (Wildman–Crippen LogP) is 1.53. The van der Waals surface area contributed by atoms with Gasteiger partial charge in [0, 0.05) is 19.2 Å². The van der Waals surface area contributed by atoms with Crippen LogP contribution in [0, 0.1) is 6.92 Å². The van der Waals surface area contributed by atoms with Crippen molar-refractivity contribution in [1.82, 2.24) is 19.6 Å². The van der Waals surface area contributed by atoms with Crippen LogP contribution >= 0.6 is 11.6 Å². The number of fused-ring (bicyclic) bond motifs is 1. The number of hydrogen-bond donors (Lipinski definition) is 1. The van der Waals surface area contributed by atoms with E-state index in [4.69, 9.17) is 16.3 Å². The number of nitrogens with zero attached hydrogens (tertiary/aromatic N) is 4. The highest BCUT2D eigenvalue weighted by Crippen LogP contribution is 2.21. The molecule has 2 rings (SSSR count). The number of hydrogen-bond acceptors (Lipinski definition) is 5. The second-order valence-electron chi connectivity index (χ2n) is 3.78. The second kappa shape index (κ2) is 4.85. The lowest BCUT2D eigenvalue weighted by Gasteiger charge is -2.14. The molecule has 0 spiro atoms. The third-order valence-electron chi connectivity index (χ3n) is 2.56. The van der Waals surface area contributed by atoms with Crippen molar-refractivity contribution in [2.75, 3.05) is 19.0 Å². The van der Waals surface area contributed by atoms with Gasteiger partial charge in [0.2, 0.25) is 0 Å². The van der Waals surface area contributed by atoms with E-state index in [1.807, 2.05) is 13.8 Å². The fourth-order valence-electron chi connectivity index (χ4n) is 1.43. The van der Waals surface area contributed by atoms with Gasteiger partial charge in [0.05, 0.1) is 6.10 Å². The smallest absolute Gasteiger partial charge is 0.255 e. The van der Waals surface area contributed by atoms with Gasteiger partial charge in [-0.05, 0) is 13.8 Å². The Morgan fingerprint density at radius 3 is 3.06 bits per heavy atom. The minimum absolute atomic E-state index is 0.0971. The van der Waals surface area contributed by atoms with Gasteiger partial charge in [0.1, 0.15) is 17.3 Å². The third kappa shape index (κ3) is 2.32. The van der Waals surface area contributed by atoms with Crippen LogP contribution in [0.5, 0.6) is 0 Å². The average molecular weight is 256 g/mol. The second-order valence-corrected chi connectivity index (χ2v) is 4.13. The SMILES string of the molecule is COC(C)CNc1c(C)c(Cl)nc2ncnn12. The van der Waals surface area contributed by atoms with Crippen molar-refractivity contribution >= 4 is 23.2 Å². The molecule has 0 saturated carbocycles. The van der Waals surface area contributed by atoms with Gasteiger partial charge in [0.15, 0.2) is 0 Å². The van der Waals surface area contributed by atoms with Crippen molar-refractivity contribution < 1.29 is 4.74 Å². The molecular formula is C10H14ClN5O. The molecule has 2 heterocycles. The summed E-state index contributed by atoms with van der Waals surface area (Å²) in [5.41, 5.74) is 0.841. The summed E-state index contributed by atoms with van der Waals surface area (Å²) in [5, 5.41) is 7.78. The van der Waals surface area contributed by atoms with Gasteiger partial charge in [-0.1, -0.05) is 11.6 Å². The van der Waals surface area contributed by atoms with Crippen LogP contribution in [0.4, 0.5) is 5.82 Å². The standard InChI is InChI=1S/C10H14ClN5O/c1-6(17-3)4-12-9-7(2)8(11)15-10-13-5-14-16(9)10/h5-6,12H,4H2,1-3H3. The number of aromatic nitrogens is 4. The van der Waals surface area contributed by atoms with E-state index in [0.29, 0.717) is 17.5 Å². The molecule has 0 aliphatic carbocycles. The summed E-state index contributed by atoms with van der Waals surface area (Å²) >= 11 is 6.04. The Hall–Kier alpha value is -1.40. The zero-order valence-electron chi connectivity index (χ0n) is 9.94. The van der Waals surface area contributed by atoms with E-state index in [-0.39, 0.29) is 6.10 Å². The van der Waals surface area contributed by atoms with E-state index < -0.39 is 0 Å². The van der Waals surface area contributed by atoms with Gasteiger partial charge >= 0.3 is 0 Å². The predicted molar refractivity (Wildman–Crippen MR) is 65.5 cm³/mol. The number of rotatable bonds is 4. The van der Waals surface area contributed by atoms with Crippen molar-refractivity contribution in [3.05, 3.63) is 17.0 Å². The van der Waals surface area contributed by atoms with Crippen LogP contribution in [0.2, 0.25) is 5.15 Å². The van der Waals surface area contributed by atoms with Crippen molar-refractivity contribution in [3.8, 4) is 0 Å². The van der Waals surface area contributed by atoms with Crippen LogP contribution in [0.25, 0.3) is 5.78 Å². The number of nitrogens with one attached hydrogen (secondary N) is 1. The van der Waals surface area contributed by atoms with Gasteiger partial charge in [-0.3, -0.25) is 0 Å². The van der Waals surface area contributed by atoms with Crippen LogP contribution in [0.15, 0.2) is 6.33 Å². The van der Waals surface area contributed by atoms with Crippen LogP contribution in [-0.4, -0.2) is 39.3 Å². The molecule has 1 atom stereocenters. The van der Waals surface area contributed by atoms with Crippen molar-refractivity contribution in [2.24, 2.45) is 0 Å². The molecular weight excluding hydrogens is 242 g/mol. The molecule has 0 fully saturated rings. The summed E-state index contributed by atoms with van der Waals surface area (Å²) in [4.78, 5) is 8.14. The minimum Gasteiger partial charge on any atom is -0.380 e. The fraction of sp³-hybridized carbons (Fsp3) is 0.500. The van der Waals surface area contributed by atoms with Crippen molar-refractivity contribution in [1.29, 1.82) is 0 Å². The lowest BCUT2D eigenvalue weighted by molar-refractivity contribution is 0.128. The third-order valence-corrected chi connectivity index (χ3v) is 2.93.